The number of aliphatic imine (C=N–C) groups is 1. The van der Waals surface area contributed by atoms with Crippen molar-refractivity contribution in [3.05, 3.63) is 64.7 Å². The zero-order valence-corrected chi connectivity index (χ0v) is 22.5. The molecule has 3 rings (SSSR count). The monoisotopic (exact) mass is 513 g/mol. The van der Waals surface area contributed by atoms with Crippen LogP contribution < -0.4 is 11.1 Å². The summed E-state index contributed by atoms with van der Waals surface area (Å²) in [5.41, 5.74) is 9.88. The van der Waals surface area contributed by atoms with Gasteiger partial charge in [-0.1, -0.05) is 64.4 Å². The van der Waals surface area contributed by atoms with E-state index in [1.54, 1.807) is 18.2 Å². The quantitative estimate of drug-likeness (QED) is 0.284. The van der Waals surface area contributed by atoms with Crippen molar-refractivity contribution < 1.29 is 18.7 Å². The third kappa shape index (κ3) is 7.41. The highest BCUT2D eigenvalue weighted by Gasteiger charge is 2.36. The van der Waals surface area contributed by atoms with Gasteiger partial charge in [0.25, 0.3) is 5.91 Å². The summed E-state index contributed by atoms with van der Waals surface area (Å²) in [5.74, 6) is -1.16. The molecule has 0 aromatic heterocycles. The number of nitrogens with zero attached hydrogens (tertiary/aromatic N) is 1. The number of anilines is 1. The fourth-order valence-corrected chi connectivity index (χ4v) is 5.97. The highest BCUT2D eigenvalue weighted by Crippen LogP contribution is 2.45. The third-order valence-corrected chi connectivity index (χ3v) is 8.07. The Bertz CT molecular complexity index is 1140. The Kier molecular flexibility index (Phi) is 8.98. The predicted molar refractivity (Wildman–Crippen MR) is 149 cm³/mol. The van der Waals surface area contributed by atoms with Gasteiger partial charge in [0.2, 0.25) is 0 Å². The first-order valence-corrected chi connectivity index (χ1v) is 14.4. The van der Waals surface area contributed by atoms with Crippen LogP contribution in [0.5, 0.6) is 0 Å². The topological polar surface area (TPSA) is 125 Å². The molecule has 1 amide bonds. The fraction of sp³-hybridized carbons (Fsp3) is 0.464. The summed E-state index contributed by atoms with van der Waals surface area (Å²) in [6, 6.07) is 13.2. The Balaban J connectivity index is 1.78. The number of carbonyl (C=O) groups is 2. The van der Waals surface area contributed by atoms with E-state index in [0.29, 0.717) is 24.3 Å². The van der Waals surface area contributed by atoms with E-state index in [0.717, 1.165) is 24.0 Å². The van der Waals surface area contributed by atoms with Gasteiger partial charge in [-0.3, -0.25) is 23.7 Å². The number of nitrogen functional groups attached to an aromatic ring is 1. The third-order valence-electron chi connectivity index (χ3n) is 6.40. The van der Waals surface area contributed by atoms with Crippen LogP contribution in [0, 0.1) is 5.92 Å². The van der Waals surface area contributed by atoms with E-state index in [9.17, 15) is 18.7 Å². The van der Waals surface area contributed by atoms with Crippen molar-refractivity contribution in [2.75, 3.05) is 23.8 Å². The zero-order valence-electron chi connectivity index (χ0n) is 21.7. The van der Waals surface area contributed by atoms with Crippen LogP contribution in [0.3, 0.4) is 0 Å². The Morgan fingerprint density at radius 3 is 2.61 bits per heavy atom. The van der Waals surface area contributed by atoms with Crippen LogP contribution in [0.2, 0.25) is 0 Å². The van der Waals surface area contributed by atoms with Crippen molar-refractivity contribution in [3.63, 3.8) is 0 Å². The molecule has 1 saturated heterocycles. The Morgan fingerprint density at radius 2 is 1.92 bits per heavy atom. The van der Waals surface area contributed by atoms with Crippen molar-refractivity contribution in [3.8, 4) is 0 Å². The van der Waals surface area contributed by atoms with Gasteiger partial charge in [0, 0.05) is 23.9 Å². The van der Waals surface area contributed by atoms with E-state index in [2.05, 4.69) is 43.2 Å². The van der Waals surface area contributed by atoms with Gasteiger partial charge in [0.1, 0.15) is 0 Å². The van der Waals surface area contributed by atoms with Crippen LogP contribution in [-0.4, -0.2) is 44.6 Å². The molecule has 0 aliphatic carbocycles. The van der Waals surface area contributed by atoms with Crippen LogP contribution in [-0.2, 0) is 23.2 Å². The van der Waals surface area contributed by atoms with Gasteiger partial charge < -0.3 is 11.1 Å². The number of ketones is 1. The fourth-order valence-electron chi connectivity index (χ4n) is 4.27. The number of amides is 1. The molecule has 0 bridgehead atoms. The van der Waals surface area contributed by atoms with Crippen molar-refractivity contribution in [1.82, 2.24) is 5.32 Å². The summed E-state index contributed by atoms with van der Waals surface area (Å²) in [6.07, 6.45) is 2.13. The maximum absolute atomic E-state index is 13.3. The number of carbonyl (C=O) groups excluding carboxylic acids is 2. The first kappa shape index (κ1) is 27.9. The van der Waals surface area contributed by atoms with Crippen LogP contribution in [0.4, 0.5) is 5.69 Å². The molecule has 0 saturated carbocycles. The minimum atomic E-state index is -2.98. The van der Waals surface area contributed by atoms with Gasteiger partial charge in [0.15, 0.2) is 5.78 Å². The zero-order chi connectivity index (χ0) is 26.5. The number of unbranched alkanes of at least 4 members (excludes halogenated alkanes) is 1. The first-order valence-electron chi connectivity index (χ1n) is 12.5. The second-order valence-corrected chi connectivity index (χ2v) is 12.8. The minimum absolute atomic E-state index is 0.00472. The van der Waals surface area contributed by atoms with Gasteiger partial charge in [-0.15, -0.1) is 0 Å². The molecule has 0 spiro atoms. The maximum atomic E-state index is 13.3. The molecule has 196 valence electrons. The van der Waals surface area contributed by atoms with E-state index >= 15 is 0 Å². The Morgan fingerprint density at radius 1 is 1.17 bits per heavy atom. The van der Waals surface area contributed by atoms with E-state index in [1.807, 2.05) is 19.1 Å². The summed E-state index contributed by atoms with van der Waals surface area (Å²) >= 11 is 0. The second kappa shape index (κ2) is 11.6. The number of hydrogen-bond donors (Lipinski definition) is 4. The van der Waals surface area contributed by atoms with Gasteiger partial charge in [-0.05, 0) is 47.1 Å². The number of nitrogens with two attached hydrogens (primary N) is 1. The average molecular weight is 514 g/mol. The molecular weight excluding hydrogens is 474 g/mol. The molecule has 1 aliphatic rings. The molecule has 8 heteroatoms. The normalized spacial score (nSPS) is 19.8. The van der Waals surface area contributed by atoms with Crippen molar-refractivity contribution in [1.29, 1.82) is 0 Å². The molecule has 1 fully saturated rings. The van der Waals surface area contributed by atoms with Crippen molar-refractivity contribution in [2.24, 2.45) is 10.9 Å². The van der Waals surface area contributed by atoms with Gasteiger partial charge in [-0.25, -0.2) is 0 Å². The lowest BCUT2D eigenvalue weighted by molar-refractivity contribution is -0.116. The minimum Gasteiger partial charge on any atom is -0.398 e. The summed E-state index contributed by atoms with van der Waals surface area (Å²) in [6.45, 7) is 9.34. The lowest BCUT2D eigenvalue weighted by Gasteiger charge is -2.39. The summed E-state index contributed by atoms with van der Waals surface area (Å²) in [7, 11) is -2.98. The molecular formula is C28H39N3O4S. The molecule has 7 nitrogen and oxygen atoms in total. The van der Waals surface area contributed by atoms with E-state index in [-0.39, 0.29) is 40.7 Å². The molecule has 2 aromatic carbocycles. The standard InChI is InChI=1S/C28H39N3O4S/c1-5-6-12-30-27(33)23-15-19(10-11-24(23)29)13-21-17-36(34,35)18-25(26(21)32)31-16-20-8-7-9-22(14-20)28(2,3)4/h7-11,14-15,21,34-35H,5-6,12-13,16-18,29H2,1-4H3,(H,30,33)/t21-/m1/s1. The molecule has 36 heavy (non-hydrogen) atoms. The lowest BCUT2D eigenvalue weighted by atomic mass is 9.86. The highest BCUT2D eigenvalue weighted by atomic mass is 32.3. The summed E-state index contributed by atoms with van der Waals surface area (Å²) in [4.78, 5) is 30.4. The van der Waals surface area contributed by atoms with Gasteiger partial charge in [0.05, 0.1) is 23.6 Å². The molecule has 0 unspecified atom stereocenters. The number of benzene rings is 2. The van der Waals surface area contributed by atoms with E-state index in [1.165, 1.54) is 5.56 Å². The second-order valence-electron chi connectivity index (χ2n) is 10.6. The smallest absolute Gasteiger partial charge is 0.253 e. The highest BCUT2D eigenvalue weighted by molar-refractivity contribution is 8.25. The molecule has 5 N–H and O–H groups in total. The Hall–Kier alpha value is -2.68. The average Bonchev–Trinajstić information content (AvgIpc) is 2.81. The summed E-state index contributed by atoms with van der Waals surface area (Å²) < 4.78 is 21.2. The Labute approximate surface area is 215 Å². The number of hydrogen-bond acceptors (Lipinski definition) is 6. The molecule has 1 aliphatic heterocycles. The number of nitrogens with one attached hydrogen (secondary N) is 1. The molecule has 1 heterocycles. The molecule has 1 atom stereocenters. The predicted octanol–water partition coefficient (Wildman–Crippen LogP) is 5.23. The largest absolute Gasteiger partial charge is 0.398 e. The van der Waals surface area contributed by atoms with Gasteiger partial charge in [-0.2, -0.15) is 10.6 Å². The lowest BCUT2D eigenvalue weighted by Crippen LogP contribution is -2.40. The molecule has 2 aromatic rings. The van der Waals surface area contributed by atoms with E-state index < -0.39 is 16.5 Å². The number of Topliss-reactive ketones (excluding diaryl/α,β-unsaturated/α-hetero) is 1. The van der Waals surface area contributed by atoms with Crippen LogP contribution >= 0.6 is 10.6 Å². The van der Waals surface area contributed by atoms with Gasteiger partial charge >= 0.3 is 0 Å². The SMILES string of the molecule is CCCCNC(=O)c1cc(C[C@@H]2CS(O)(O)CC(=NCc3cccc(C(C)(C)C)c3)C2=O)ccc1N. The van der Waals surface area contributed by atoms with Crippen LogP contribution in [0.15, 0.2) is 47.5 Å². The van der Waals surface area contributed by atoms with Crippen molar-refractivity contribution >= 4 is 33.7 Å². The van der Waals surface area contributed by atoms with Crippen LogP contribution in [0.25, 0.3) is 0 Å². The summed E-state index contributed by atoms with van der Waals surface area (Å²) in [5, 5.41) is 2.87. The number of rotatable bonds is 8. The van der Waals surface area contributed by atoms with E-state index in [4.69, 9.17) is 5.73 Å². The molecule has 0 radical (unpaired) electrons. The van der Waals surface area contributed by atoms with Crippen LogP contribution in [0.1, 0.15) is 67.6 Å². The maximum Gasteiger partial charge on any atom is 0.253 e. The van der Waals surface area contributed by atoms with Crippen molar-refractivity contribution in [2.45, 2.75) is 58.9 Å². The first-order chi connectivity index (χ1) is 16.9.